The second-order valence-corrected chi connectivity index (χ2v) is 9.01. The number of urea groups is 1. The van der Waals surface area contributed by atoms with Crippen LogP contribution >= 0.6 is 11.3 Å². The molecule has 3 aromatic rings. The molecule has 1 saturated heterocycles. The fourth-order valence-electron chi connectivity index (χ4n) is 3.99. The number of nitrogens with one attached hydrogen (secondary N) is 2. The lowest BCUT2D eigenvalue weighted by Gasteiger charge is -2.34. The van der Waals surface area contributed by atoms with E-state index in [0.717, 1.165) is 55.4 Å². The van der Waals surface area contributed by atoms with Crippen molar-refractivity contribution in [3.8, 4) is 0 Å². The third-order valence-electron chi connectivity index (χ3n) is 5.88. The fraction of sp³-hybridized carbons (Fsp3) is 0.360. The van der Waals surface area contributed by atoms with Crippen molar-refractivity contribution < 1.29 is 4.79 Å². The summed E-state index contributed by atoms with van der Waals surface area (Å²) < 4.78 is 0. The van der Waals surface area contributed by atoms with E-state index in [1.165, 1.54) is 5.56 Å². The Morgan fingerprint density at radius 1 is 1.06 bits per heavy atom. The molecule has 1 aliphatic rings. The first-order valence-corrected chi connectivity index (χ1v) is 12.1. The molecule has 168 valence electrons. The minimum absolute atomic E-state index is 0.0553. The molecule has 32 heavy (non-hydrogen) atoms. The first-order valence-electron chi connectivity index (χ1n) is 11.2. The molecule has 1 fully saturated rings. The number of amides is 2. The lowest BCUT2D eigenvalue weighted by Crippen LogP contribution is -2.46. The number of carbonyl (C=O) groups excluding carboxylic acids is 1. The minimum Gasteiger partial charge on any atom is -0.354 e. The normalized spacial score (nSPS) is 15.3. The predicted molar refractivity (Wildman–Crippen MR) is 131 cm³/mol. The Balaban J connectivity index is 1.33. The zero-order valence-electron chi connectivity index (χ0n) is 18.5. The quantitative estimate of drug-likeness (QED) is 0.544. The number of rotatable bonds is 8. The first kappa shape index (κ1) is 22.3. The van der Waals surface area contributed by atoms with Gasteiger partial charge in [-0.3, -0.25) is 0 Å². The largest absolute Gasteiger partial charge is 0.354 e. The molecule has 2 aromatic heterocycles. The van der Waals surface area contributed by atoms with Gasteiger partial charge in [-0.1, -0.05) is 43.3 Å². The van der Waals surface area contributed by atoms with Crippen molar-refractivity contribution in [1.29, 1.82) is 0 Å². The van der Waals surface area contributed by atoms with E-state index in [4.69, 9.17) is 0 Å². The highest BCUT2D eigenvalue weighted by molar-refractivity contribution is 7.10. The van der Waals surface area contributed by atoms with Gasteiger partial charge in [0.05, 0.1) is 6.04 Å². The molecular weight excluding hydrogens is 418 g/mol. The maximum Gasteiger partial charge on any atom is 0.315 e. The number of pyridine rings is 1. The molecule has 4 rings (SSSR count). The van der Waals surface area contributed by atoms with E-state index in [2.05, 4.69) is 56.6 Å². The molecule has 1 aliphatic heterocycles. The van der Waals surface area contributed by atoms with Crippen LogP contribution < -0.4 is 15.5 Å². The molecule has 2 N–H and O–H groups in total. The summed E-state index contributed by atoms with van der Waals surface area (Å²) in [5.74, 6) is 0.987. The number of anilines is 1. The number of aromatic nitrogens is 1. The molecule has 0 saturated carbocycles. The molecule has 2 amide bonds. The number of hydrogen-bond donors (Lipinski definition) is 2. The van der Waals surface area contributed by atoms with Crippen LogP contribution in [0.25, 0.3) is 0 Å². The molecule has 1 atom stereocenters. The van der Waals surface area contributed by atoms with Gasteiger partial charge in [0.1, 0.15) is 5.82 Å². The molecule has 7 heteroatoms. The van der Waals surface area contributed by atoms with Crippen LogP contribution in [0.3, 0.4) is 0 Å². The summed E-state index contributed by atoms with van der Waals surface area (Å²) in [6.45, 7) is 7.87. The Bertz CT molecular complexity index is 971. The average molecular weight is 450 g/mol. The van der Waals surface area contributed by atoms with Gasteiger partial charge in [0, 0.05) is 43.8 Å². The van der Waals surface area contributed by atoms with Crippen LogP contribution in [0.2, 0.25) is 0 Å². The maximum absolute atomic E-state index is 12.7. The van der Waals surface area contributed by atoms with Gasteiger partial charge in [0.25, 0.3) is 0 Å². The van der Waals surface area contributed by atoms with Crippen molar-refractivity contribution in [1.82, 2.24) is 20.5 Å². The van der Waals surface area contributed by atoms with E-state index in [9.17, 15) is 4.79 Å². The van der Waals surface area contributed by atoms with Crippen molar-refractivity contribution in [2.24, 2.45) is 0 Å². The summed E-state index contributed by atoms with van der Waals surface area (Å²) in [7, 11) is 0. The lowest BCUT2D eigenvalue weighted by molar-refractivity contribution is 0.236. The number of carbonyl (C=O) groups is 1. The molecule has 0 radical (unpaired) electrons. The number of thiophene rings is 1. The zero-order valence-corrected chi connectivity index (χ0v) is 19.4. The summed E-state index contributed by atoms with van der Waals surface area (Å²) in [6.07, 6.45) is 2.60. The van der Waals surface area contributed by atoms with Crippen molar-refractivity contribution >= 4 is 23.2 Å². The molecular formula is C25H31N5OS. The smallest absolute Gasteiger partial charge is 0.315 e. The Morgan fingerprint density at radius 2 is 1.88 bits per heavy atom. The highest BCUT2D eigenvalue weighted by Gasteiger charge is 2.18. The van der Waals surface area contributed by atoms with E-state index in [-0.39, 0.29) is 12.1 Å². The first-order chi connectivity index (χ1) is 15.7. The highest BCUT2D eigenvalue weighted by Crippen LogP contribution is 2.23. The second kappa shape index (κ2) is 11.1. The maximum atomic E-state index is 12.7. The molecule has 6 nitrogen and oxygen atoms in total. The van der Waals surface area contributed by atoms with Crippen molar-refractivity contribution in [2.75, 3.05) is 37.6 Å². The zero-order chi connectivity index (χ0) is 22.2. The van der Waals surface area contributed by atoms with Gasteiger partial charge in [-0.25, -0.2) is 9.78 Å². The molecule has 1 aromatic carbocycles. The Hall–Kier alpha value is -2.90. The van der Waals surface area contributed by atoms with Crippen molar-refractivity contribution in [3.63, 3.8) is 0 Å². The standard InChI is InChI=1S/C25H31N5OS/c1-2-29-12-14-30(15-13-29)24-18-21(10-11-26-24)19-27-25(31)28-22(23-9-6-16-32-23)17-20-7-4-3-5-8-20/h3-11,16,18,22H,2,12-15,17,19H2,1H3,(H2,27,28,31). The van der Waals surface area contributed by atoms with Crippen molar-refractivity contribution in [3.05, 3.63) is 82.2 Å². The van der Waals surface area contributed by atoms with E-state index in [0.29, 0.717) is 6.54 Å². The SMILES string of the molecule is CCN1CCN(c2cc(CNC(=O)NC(Cc3ccccc3)c3cccs3)ccn2)CC1. The number of nitrogens with zero attached hydrogens (tertiary/aromatic N) is 3. The number of benzene rings is 1. The Morgan fingerprint density at radius 3 is 2.59 bits per heavy atom. The van der Waals surface area contributed by atoms with Crippen LogP contribution in [0.15, 0.2) is 66.2 Å². The summed E-state index contributed by atoms with van der Waals surface area (Å²) in [5.41, 5.74) is 2.26. The third-order valence-corrected chi connectivity index (χ3v) is 6.87. The van der Waals surface area contributed by atoms with Crippen LogP contribution in [0.5, 0.6) is 0 Å². The van der Waals surface area contributed by atoms with Gasteiger partial charge in [-0.05, 0) is 47.7 Å². The summed E-state index contributed by atoms with van der Waals surface area (Å²) in [4.78, 5) is 23.2. The van der Waals surface area contributed by atoms with Crippen LogP contribution in [0.1, 0.15) is 29.0 Å². The number of hydrogen-bond acceptors (Lipinski definition) is 5. The Labute approximate surface area is 194 Å². The lowest BCUT2D eigenvalue weighted by atomic mass is 10.0. The molecule has 3 heterocycles. The van der Waals surface area contributed by atoms with Gasteiger partial charge < -0.3 is 20.4 Å². The number of likely N-dealkylation sites (N-methyl/N-ethyl adjacent to an activating group) is 1. The van der Waals surface area contributed by atoms with E-state index >= 15 is 0 Å². The van der Waals surface area contributed by atoms with Crippen molar-refractivity contribution in [2.45, 2.75) is 25.9 Å². The van der Waals surface area contributed by atoms with Gasteiger partial charge in [-0.15, -0.1) is 11.3 Å². The number of piperazine rings is 1. The fourth-order valence-corrected chi connectivity index (χ4v) is 4.77. The van der Waals surface area contributed by atoms with E-state index in [1.807, 2.05) is 41.9 Å². The topological polar surface area (TPSA) is 60.5 Å². The summed E-state index contributed by atoms with van der Waals surface area (Å²) in [5, 5.41) is 8.23. The van der Waals surface area contributed by atoms with Crippen LogP contribution in [-0.4, -0.2) is 48.6 Å². The van der Waals surface area contributed by atoms with Gasteiger partial charge >= 0.3 is 6.03 Å². The van der Waals surface area contributed by atoms with Gasteiger partial charge in [0.2, 0.25) is 0 Å². The summed E-state index contributed by atoms with van der Waals surface area (Å²) >= 11 is 1.67. The molecule has 1 unspecified atom stereocenters. The summed E-state index contributed by atoms with van der Waals surface area (Å²) in [6, 6.07) is 18.2. The van der Waals surface area contributed by atoms with Gasteiger partial charge in [-0.2, -0.15) is 0 Å². The highest BCUT2D eigenvalue weighted by atomic mass is 32.1. The van der Waals surface area contributed by atoms with Crippen LogP contribution in [0.4, 0.5) is 10.6 Å². The Kier molecular flexibility index (Phi) is 7.74. The average Bonchev–Trinajstić information content (AvgIpc) is 3.38. The van der Waals surface area contributed by atoms with E-state index in [1.54, 1.807) is 11.3 Å². The van der Waals surface area contributed by atoms with Crippen LogP contribution in [0, 0.1) is 0 Å². The predicted octanol–water partition coefficient (Wildman–Crippen LogP) is 4.07. The molecule has 0 bridgehead atoms. The van der Waals surface area contributed by atoms with Gasteiger partial charge in [0.15, 0.2) is 0 Å². The monoisotopic (exact) mass is 449 g/mol. The van der Waals surface area contributed by atoms with E-state index < -0.39 is 0 Å². The second-order valence-electron chi connectivity index (χ2n) is 8.03. The third kappa shape index (κ3) is 6.08. The van der Waals surface area contributed by atoms with Crippen LogP contribution in [-0.2, 0) is 13.0 Å². The molecule has 0 spiro atoms. The minimum atomic E-state index is -0.158. The molecule has 0 aliphatic carbocycles.